The molecule has 0 saturated heterocycles. The molecule has 2 aromatic carbocycles. The molecule has 3 N–H and O–H groups in total. The van der Waals surface area contributed by atoms with Crippen LogP contribution in [0.5, 0.6) is 11.5 Å². The highest BCUT2D eigenvalue weighted by atomic mass is 16.6. The van der Waals surface area contributed by atoms with Gasteiger partial charge in [0.2, 0.25) is 0 Å². The molecule has 2 aromatic rings. The van der Waals surface area contributed by atoms with Crippen molar-refractivity contribution in [1.29, 1.82) is 0 Å². The molecule has 142 valence electrons. The molecule has 2 fully saturated rings. The summed E-state index contributed by atoms with van der Waals surface area (Å²) >= 11 is 0. The highest BCUT2D eigenvalue weighted by Crippen LogP contribution is 2.47. The van der Waals surface area contributed by atoms with Crippen molar-refractivity contribution in [2.45, 2.75) is 56.1 Å². The van der Waals surface area contributed by atoms with Crippen LogP contribution in [0, 0.1) is 0 Å². The number of phenols is 1. The predicted molar refractivity (Wildman–Crippen MR) is 102 cm³/mol. The molecule has 0 bridgehead atoms. The van der Waals surface area contributed by atoms with Crippen LogP contribution in [0.25, 0.3) is 0 Å². The third-order valence-corrected chi connectivity index (χ3v) is 5.92. The summed E-state index contributed by atoms with van der Waals surface area (Å²) in [5, 5.41) is 9.62. The molecule has 5 heteroatoms. The zero-order chi connectivity index (χ0) is 18.9. The Morgan fingerprint density at radius 1 is 0.926 bits per heavy atom. The number of nitrogens with two attached hydrogens (primary N) is 1. The molecule has 2 aliphatic carbocycles. The first-order valence-corrected chi connectivity index (χ1v) is 9.58. The number of phenolic OH excluding ortho intramolecular Hbond substituents is 1. The molecule has 0 unspecified atom stereocenters. The molecule has 27 heavy (non-hydrogen) atoms. The number of aromatic hydroxyl groups is 1. The fourth-order valence-electron chi connectivity index (χ4n) is 4.42. The number of carbonyl (C=O) groups is 1. The first-order chi connectivity index (χ1) is 13.0. The minimum atomic E-state index is -0.723. The Morgan fingerprint density at radius 2 is 1.48 bits per heavy atom. The van der Waals surface area contributed by atoms with Gasteiger partial charge >= 0.3 is 6.09 Å². The summed E-state index contributed by atoms with van der Waals surface area (Å²) in [6, 6.07) is 16.0. The van der Waals surface area contributed by atoms with E-state index in [1.165, 1.54) is 24.0 Å². The Hall–Kier alpha value is -2.69. The number of amides is 1. The summed E-state index contributed by atoms with van der Waals surface area (Å²) in [7, 11) is 0. The Balaban J connectivity index is 1.46. The monoisotopic (exact) mass is 367 g/mol. The van der Waals surface area contributed by atoms with E-state index in [9.17, 15) is 9.90 Å². The second-order valence-corrected chi connectivity index (χ2v) is 7.63. The van der Waals surface area contributed by atoms with E-state index in [0.717, 1.165) is 18.6 Å². The maximum absolute atomic E-state index is 10.7. The van der Waals surface area contributed by atoms with Crippen molar-refractivity contribution in [1.82, 2.24) is 0 Å². The first kappa shape index (κ1) is 17.7. The lowest BCUT2D eigenvalue weighted by Gasteiger charge is -2.34. The standard InChI is InChI=1S/C22H25NO4/c23-21(25)27-20-13-19(14-20)26-18-9-5-16(6-10-18)22(11-1-2-12-22)15-3-7-17(24)8-4-15/h3-10,19-20,24H,1-2,11-14H2,(H2,23,25). The van der Waals surface area contributed by atoms with Crippen LogP contribution >= 0.6 is 0 Å². The largest absolute Gasteiger partial charge is 0.508 e. The van der Waals surface area contributed by atoms with E-state index in [2.05, 4.69) is 12.1 Å². The van der Waals surface area contributed by atoms with Crippen LogP contribution in [0.15, 0.2) is 48.5 Å². The molecule has 2 saturated carbocycles. The van der Waals surface area contributed by atoms with Crippen LogP contribution < -0.4 is 10.5 Å². The average Bonchev–Trinajstić information content (AvgIpc) is 3.12. The van der Waals surface area contributed by atoms with Crippen molar-refractivity contribution < 1.29 is 19.4 Å². The van der Waals surface area contributed by atoms with E-state index >= 15 is 0 Å². The lowest BCUT2D eigenvalue weighted by Crippen LogP contribution is -2.41. The number of rotatable bonds is 5. The van der Waals surface area contributed by atoms with Gasteiger partial charge in [-0.25, -0.2) is 4.79 Å². The van der Waals surface area contributed by atoms with Crippen LogP contribution in [0.1, 0.15) is 49.7 Å². The second-order valence-electron chi connectivity index (χ2n) is 7.63. The van der Waals surface area contributed by atoms with Gasteiger partial charge in [-0.3, -0.25) is 0 Å². The molecule has 0 aromatic heterocycles. The van der Waals surface area contributed by atoms with Crippen molar-refractivity contribution in [2.24, 2.45) is 5.73 Å². The zero-order valence-electron chi connectivity index (χ0n) is 15.3. The average molecular weight is 367 g/mol. The van der Waals surface area contributed by atoms with Crippen molar-refractivity contribution in [2.75, 3.05) is 0 Å². The van der Waals surface area contributed by atoms with E-state index < -0.39 is 6.09 Å². The Morgan fingerprint density at radius 3 is 2.04 bits per heavy atom. The topological polar surface area (TPSA) is 81.8 Å². The third kappa shape index (κ3) is 3.59. The van der Waals surface area contributed by atoms with Gasteiger partial charge in [0.05, 0.1) is 0 Å². The fraction of sp³-hybridized carbons (Fsp3) is 0.409. The Kier molecular flexibility index (Phi) is 4.68. The van der Waals surface area contributed by atoms with Crippen LogP contribution in [0.2, 0.25) is 0 Å². The van der Waals surface area contributed by atoms with Gasteiger partial charge in [-0.1, -0.05) is 37.1 Å². The van der Waals surface area contributed by atoms with Crippen LogP contribution in [-0.2, 0) is 10.2 Å². The third-order valence-electron chi connectivity index (χ3n) is 5.92. The molecule has 0 spiro atoms. The quantitative estimate of drug-likeness (QED) is 0.827. The molecular weight excluding hydrogens is 342 g/mol. The summed E-state index contributed by atoms with van der Waals surface area (Å²) < 4.78 is 10.9. The van der Waals surface area contributed by atoms with Gasteiger partial charge in [0.1, 0.15) is 23.7 Å². The number of carbonyl (C=O) groups excluding carboxylic acids is 1. The van der Waals surface area contributed by atoms with E-state index in [0.29, 0.717) is 18.6 Å². The minimum absolute atomic E-state index is 0.0170. The summed E-state index contributed by atoms with van der Waals surface area (Å²) in [6.07, 6.45) is 5.24. The molecule has 1 amide bonds. The lowest BCUT2D eigenvalue weighted by atomic mass is 9.73. The lowest BCUT2D eigenvalue weighted by molar-refractivity contribution is -0.0197. The number of hydrogen-bond acceptors (Lipinski definition) is 4. The van der Waals surface area contributed by atoms with Crippen molar-refractivity contribution in [3.05, 3.63) is 59.7 Å². The molecule has 5 nitrogen and oxygen atoms in total. The van der Waals surface area contributed by atoms with Crippen molar-refractivity contribution >= 4 is 6.09 Å². The number of primary amides is 1. The summed E-state index contributed by atoms with van der Waals surface area (Å²) in [4.78, 5) is 10.7. The van der Waals surface area contributed by atoms with E-state index in [4.69, 9.17) is 15.2 Å². The van der Waals surface area contributed by atoms with Gasteiger partial charge in [-0.2, -0.15) is 0 Å². The highest BCUT2D eigenvalue weighted by molar-refractivity contribution is 5.64. The van der Waals surface area contributed by atoms with E-state index in [-0.39, 0.29) is 17.6 Å². The summed E-state index contributed by atoms with van der Waals surface area (Å²) in [6.45, 7) is 0. The van der Waals surface area contributed by atoms with E-state index in [1.807, 2.05) is 24.3 Å². The molecule has 0 heterocycles. The Bertz CT molecular complexity index is 788. The van der Waals surface area contributed by atoms with Crippen LogP contribution in [0.4, 0.5) is 4.79 Å². The maximum atomic E-state index is 10.7. The van der Waals surface area contributed by atoms with Crippen molar-refractivity contribution in [3.63, 3.8) is 0 Å². The van der Waals surface area contributed by atoms with Gasteiger partial charge in [0.25, 0.3) is 0 Å². The first-order valence-electron chi connectivity index (χ1n) is 9.58. The van der Waals surface area contributed by atoms with Gasteiger partial charge < -0.3 is 20.3 Å². The van der Waals surface area contributed by atoms with Crippen LogP contribution in [-0.4, -0.2) is 23.4 Å². The normalized spacial score (nSPS) is 23.4. The number of ether oxygens (including phenoxy) is 2. The Labute approximate surface area is 159 Å². The van der Waals surface area contributed by atoms with Crippen LogP contribution in [0.3, 0.4) is 0 Å². The molecule has 0 atom stereocenters. The number of benzene rings is 2. The minimum Gasteiger partial charge on any atom is -0.508 e. The molecule has 0 radical (unpaired) electrons. The fourth-order valence-corrected chi connectivity index (χ4v) is 4.42. The van der Waals surface area contributed by atoms with Gasteiger partial charge in [-0.15, -0.1) is 0 Å². The van der Waals surface area contributed by atoms with Gasteiger partial charge in [-0.05, 0) is 48.2 Å². The molecular formula is C22H25NO4. The molecule has 0 aliphatic heterocycles. The maximum Gasteiger partial charge on any atom is 0.404 e. The summed E-state index contributed by atoms with van der Waals surface area (Å²) in [5.74, 6) is 1.13. The smallest absolute Gasteiger partial charge is 0.404 e. The number of hydrogen-bond donors (Lipinski definition) is 2. The highest BCUT2D eigenvalue weighted by Gasteiger charge is 2.37. The van der Waals surface area contributed by atoms with Crippen molar-refractivity contribution in [3.8, 4) is 11.5 Å². The molecule has 2 aliphatic rings. The SMILES string of the molecule is NC(=O)OC1CC(Oc2ccc(C3(c4ccc(O)cc4)CCCC3)cc2)C1. The summed E-state index contributed by atoms with van der Waals surface area (Å²) in [5.41, 5.74) is 7.60. The molecule has 4 rings (SSSR count). The van der Waals surface area contributed by atoms with Gasteiger partial charge in [0.15, 0.2) is 0 Å². The van der Waals surface area contributed by atoms with Gasteiger partial charge in [0, 0.05) is 18.3 Å². The predicted octanol–water partition coefficient (Wildman–Crippen LogP) is 4.26. The zero-order valence-corrected chi connectivity index (χ0v) is 15.3. The second kappa shape index (κ2) is 7.14. The van der Waals surface area contributed by atoms with E-state index in [1.54, 1.807) is 12.1 Å².